The maximum absolute atomic E-state index is 13.0. The van der Waals surface area contributed by atoms with E-state index in [-0.39, 0.29) is 22.0 Å². The van der Waals surface area contributed by atoms with E-state index < -0.39 is 15.8 Å². The van der Waals surface area contributed by atoms with Crippen LogP contribution in [0.1, 0.15) is 11.1 Å². The van der Waals surface area contributed by atoms with Crippen LogP contribution in [0.3, 0.4) is 0 Å². The third-order valence-electron chi connectivity index (χ3n) is 2.99. The Morgan fingerprint density at radius 3 is 2.64 bits per heavy atom. The van der Waals surface area contributed by atoms with Crippen molar-refractivity contribution >= 4 is 21.6 Å². The quantitative estimate of drug-likeness (QED) is 0.911. The fourth-order valence-electron chi connectivity index (χ4n) is 1.90. The van der Waals surface area contributed by atoms with Gasteiger partial charge in [-0.1, -0.05) is 29.8 Å². The van der Waals surface area contributed by atoms with Crippen LogP contribution in [0.25, 0.3) is 0 Å². The molecule has 0 heterocycles. The normalized spacial score (nSPS) is 11.1. The van der Waals surface area contributed by atoms with E-state index in [0.29, 0.717) is 12.0 Å². The molecule has 4 nitrogen and oxygen atoms in total. The Balaban J connectivity index is 2.07. The molecule has 0 aromatic heterocycles. The van der Waals surface area contributed by atoms with Gasteiger partial charge in [0, 0.05) is 6.54 Å². The molecule has 0 atom stereocenters. The predicted octanol–water partition coefficient (Wildman–Crippen LogP) is 2.87. The fraction of sp³-hybridized carbons (Fsp3) is 0.133. The van der Waals surface area contributed by atoms with Crippen LogP contribution in [0.5, 0.6) is 0 Å². The van der Waals surface area contributed by atoms with Crippen molar-refractivity contribution in [3.63, 3.8) is 0 Å². The number of sulfonamides is 1. The monoisotopic (exact) mass is 338 g/mol. The van der Waals surface area contributed by atoms with Gasteiger partial charge in [0.25, 0.3) is 0 Å². The Kier molecular flexibility index (Phi) is 5.14. The Bertz CT molecular complexity index is 832. The van der Waals surface area contributed by atoms with E-state index in [2.05, 4.69) is 4.72 Å². The lowest BCUT2D eigenvalue weighted by Crippen LogP contribution is -2.26. The summed E-state index contributed by atoms with van der Waals surface area (Å²) in [7, 11) is -3.77. The minimum absolute atomic E-state index is 0.00446. The smallest absolute Gasteiger partial charge is 0.211 e. The van der Waals surface area contributed by atoms with Gasteiger partial charge in [-0.15, -0.1) is 0 Å². The Labute approximate surface area is 133 Å². The zero-order valence-corrected chi connectivity index (χ0v) is 13.0. The number of benzene rings is 2. The lowest BCUT2D eigenvalue weighted by atomic mass is 10.1. The van der Waals surface area contributed by atoms with Crippen LogP contribution in [0, 0.1) is 17.1 Å². The number of nitriles is 1. The number of nitrogens with zero attached hydrogens (tertiary/aromatic N) is 1. The lowest BCUT2D eigenvalue weighted by Gasteiger charge is -2.08. The van der Waals surface area contributed by atoms with Gasteiger partial charge in [-0.3, -0.25) is 0 Å². The molecule has 0 aliphatic heterocycles. The molecule has 1 N–H and O–H groups in total. The SMILES string of the molecule is N#Cc1ccccc1S(=O)(=O)NCCc1ccc(F)c(Cl)c1. The molecule has 0 amide bonds. The van der Waals surface area contributed by atoms with Gasteiger partial charge < -0.3 is 0 Å². The largest absolute Gasteiger partial charge is 0.241 e. The summed E-state index contributed by atoms with van der Waals surface area (Å²) in [4.78, 5) is -0.0605. The van der Waals surface area contributed by atoms with Crippen molar-refractivity contribution in [2.24, 2.45) is 0 Å². The van der Waals surface area contributed by atoms with Gasteiger partial charge in [0.15, 0.2) is 0 Å². The zero-order chi connectivity index (χ0) is 16.2. The minimum atomic E-state index is -3.77. The molecule has 0 aliphatic carbocycles. The van der Waals surface area contributed by atoms with Crippen molar-refractivity contribution in [3.8, 4) is 6.07 Å². The number of nitrogens with one attached hydrogen (secondary N) is 1. The number of halogens is 2. The average molecular weight is 339 g/mol. The molecular formula is C15H12ClFN2O2S. The standard InChI is InChI=1S/C15H12ClFN2O2S/c16-13-9-11(5-6-14(13)17)7-8-19-22(20,21)15-4-2-1-3-12(15)10-18/h1-6,9,19H,7-8H2. The lowest BCUT2D eigenvalue weighted by molar-refractivity contribution is 0.581. The van der Waals surface area contributed by atoms with Gasteiger partial charge in [-0.25, -0.2) is 17.5 Å². The molecule has 0 unspecified atom stereocenters. The second-order valence-corrected chi connectivity index (χ2v) is 6.65. The minimum Gasteiger partial charge on any atom is -0.211 e. The van der Waals surface area contributed by atoms with Crippen LogP contribution >= 0.6 is 11.6 Å². The van der Waals surface area contributed by atoms with Crippen LogP contribution in [0.15, 0.2) is 47.4 Å². The second kappa shape index (κ2) is 6.88. The molecule has 0 saturated carbocycles. The molecule has 2 rings (SSSR count). The van der Waals surface area contributed by atoms with Gasteiger partial charge in [-0.2, -0.15) is 5.26 Å². The van der Waals surface area contributed by atoms with Crippen molar-refractivity contribution in [2.45, 2.75) is 11.3 Å². The molecule has 2 aromatic rings. The summed E-state index contributed by atoms with van der Waals surface area (Å²) in [5.74, 6) is -0.519. The molecule has 22 heavy (non-hydrogen) atoms. The maximum Gasteiger partial charge on any atom is 0.241 e. The predicted molar refractivity (Wildman–Crippen MR) is 81.5 cm³/mol. The van der Waals surface area contributed by atoms with E-state index in [0.717, 1.165) is 0 Å². The van der Waals surface area contributed by atoms with E-state index >= 15 is 0 Å². The average Bonchev–Trinajstić information content (AvgIpc) is 2.50. The molecule has 0 aliphatic rings. The van der Waals surface area contributed by atoms with Gasteiger partial charge in [0.2, 0.25) is 10.0 Å². The highest BCUT2D eigenvalue weighted by Crippen LogP contribution is 2.17. The molecular weight excluding hydrogens is 327 g/mol. The first-order valence-corrected chi connectivity index (χ1v) is 8.23. The van der Waals surface area contributed by atoms with Gasteiger partial charge >= 0.3 is 0 Å². The highest BCUT2D eigenvalue weighted by atomic mass is 35.5. The van der Waals surface area contributed by atoms with E-state index in [1.54, 1.807) is 18.2 Å². The number of hydrogen-bond donors (Lipinski definition) is 1. The van der Waals surface area contributed by atoms with Crippen molar-refractivity contribution in [1.82, 2.24) is 4.72 Å². The van der Waals surface area contributed by atoms with E-state index in [4.69, 9.17) is 16.9 Å². The van der Waals surface area contributed by atoms with Crippen LogP contribution in [0.2, 0.25) is 5.02 Å². The van der Waals surface area contributed by atoms with Crippen LogP contribution in [0.4, 0.5) is 4.39 Å². The summed E-state index contributed by atoms with van der Waals surface area (Å²) in [5, 5.41) is 8.94. The summed E-state index contributed by atoms with van der Waals surface area (Å²) >= 11 is 5.67. The van der Waals surface area contributed by atoms with Crippen molar-refractivity contribution < 1.29 is 12.8 Å². The summed E-state index contributed by atoms with van der Waals surface area (Å²) in [6, 6.07) is 12.0. The highest BCUT2D eigenvalue weighted by Gasteiger charge is 2.17. The summed E-state index contributed by atoms with van der Waals surface area (Å²) in [6.45, 7) is 0.115. The first kappa shape index (κ1) is 16.4. The topological polar surface area (TPSA) is 70.0 Å². The van der Waals surface area contributed by atoms with Crippen LogP contribution in [-0.4, -0.2) is 15.0 Å². The summed E-state index contributed by atoms with van der Waals surface area (Å²) in [6.07, 6.45) is 0.355. The Hall–Kier alpha value is -1.94. The molecule has 114 valence electrons. The van der Waals surface area contributed by atoms with Crippen LogP contribution < -0.4 is 4.72 Å². The Morgan fingerprint density at radius 2 is 1.95 bits per heavy atom. The third kappa shape index (κ3) is 3.83. The van der Waals surface area contributed by atoms with E-state index in [9.17, 15) is 12.8 Å². The van der Waals surface area contributed by atoms with Gasteiger partial charge in [0.1, 0.15) is 11.9 Å². The first-order chi connectivity index (χ1) is 10.4. The van der Waals surface area contributed by atoms with E-state index in [1.165, 1.54) is 24.3 Å². The van der Waals surface area contributed by atoms with Crippen molar-refractivity contribution in [2.75, 3.05) is 6.54 Å². The second-order valence-electron chi connectivity index (χ2n) is 4.50. The number of rotatable bonds is 5. The highest BCUT2D eigenvalue weighted by molar-refractivity contribution is 7.89. The number of hydrogen-bond acceptors (Lipinski definition) is 3. The van der Waals surface area contributed by atoms with Gasteiger partial charge in [-0.05, 0) is 36.2 Å². The van der Waals surface area contributed by atoms with Crippen molar-refractivity contribution in [3.05, 3.63) is 64.4 Å². The van der Waals surface area contributed by atoms with Crippen molar-refractivity contribution in [1.29, 1.82) is 5.26 Å². The first-order valence-electron chi connectivity index (χ1n) is 6.37. The van der Waals surface area contributed by atoms with E-state index in [1.807, 2.05) is 6.07 Å². The Morgan fingerprint density at radius 1 is 1.23 bits per heavy atom. The zero-order valence-electron chi connectivity index (χ0n) is 11.4. The molecule has 0 radical (unpaired) electrons. The summed E-state index contributed by atoms with van der Waals surface area (Å²) < 4.78 is 39.8. The fourth-order valence-corrected chi connectivity index (χ4v) is 3.29. The maximum atomic E-state index is 13.0. The third-order valence-corrected chi connectivity index (χ3v) is 4.80. The molecule has 0 spiro atoms. The molecule has 0 fully saturated rings. The molecule has 0 bridgehead atoms. The molecule has 2 aromatic carbocycles. The summed E-state index contributed by atoms with van der Waals surface area (Å²) in [5.41, 5.74) is 0.794. The van der Waals surface area contributed by atoms with Crippen LogP contribution in [-0.2, 0) is 16.4 Å². The molecule has 0 saturated heterocycles. The molecule has 7 heteroatoms. The van der Waals surface area contributed by atoms with Gasteiger partial charge in [0.05, 0.1) is 15.5 Å².